The van der Waals surface area contributed by atoms with Crippen molar-refractivity contribution in [2.45, 2.75) is 38.7 Å². The number of aliphatic hydroxyl groups is 1. The van der Waals surface area contributed by atoms with Gasteiger partial charge in [0.1, 0.15) is 0 Å². The average Bonchev–Trinajstić information content (AvgIpc) is 2.19. The third kappa shape index (κ3) is 3.56. The molecule has 0 unspecified atom stereocenters. The first-order chi connectivity index (χ1) is 6.77. The smallest absolute Gasteiger partial charge is 0.0592 e. The second-order valence-electron chi connectivity index (χ2n) is 4.35. The van der Waals surface area contributed by atoms with Gasteiger partial charge in [-0.25, -0.2) is 0 Å². The number of rotatable bonds is 5. The third-order valence-electron chi connectivity index (χ3n) is 3.12. The summed E-state index contributed by atoms with van der Waals surface area (Å²) < 4.78 is 0. The van der Waals surface area contributed by atoms with Gasteiger partial charge in [0.15, 0.2) is 0 Å². The Labute approximate surface area is 87.3 Å². The lowest BCUT2D eigenvalue weighted by Gasteiger charge is -2.36. The fourth-order valence-corrected chi connectivity index (χ4v) is 2.27. The molecule has 0 bridgehead atoms. The van der Waals surface area contributed by atoms with Crippen molar-refractivity contribution in [1.82, 2.24) is 4.90 Å². The summed E-state index contributed by atoms with van der Waals surface area (Å²) >= 11 is 0. The maximum Gasteiger partial charge on any atom is 0.0592 e. The molecule has 0 saturated carbocycles. The van der Waals surface area contributed by atoms with E-state index in [1.165, 1.54) is 6.42 Å². The number of aliphatic hydroxyl groups excluding tert-OH is 1. The molecule has 3 nitrogen and oxygen atoms in total. The van der Waals surface area contributed by atoms with Crippen molar-refractivity contribution >= 4 is 0 Å². The number of nitrogens with two attached hydrogens (primary N) is 1. The average molecular weight is 200 g/mol. The van der Waals surface area contributed by atoms with Gasteiger partial charge < -0.3 is 15.7 Å². The summed E-state index contributed by atoms with van der Waals surface area (Å²) in [6, 6.07) is 0. The zero-order valence-electron chi connectivity index (χ0n) is 9.28. The van der Waals surface area contributed by atoms with Crippen molar-refractivity contribution in [2.24, 2.45) is 11.7 Å². The van der Waals surface area contributed by atoms with Gasteiger partial charge in [-0.3, -0.25) is 0 Å². The Balaban J connectivity index is 2.29. The van der Waals surface area contributed by atoms with E-state index in [-0.39, 0.29) is 6.10 Å². The lowest BCUT2D eigenvalue weighted by Crippen LogP contribution is -2.43. The van der Waals surface area contributed by atoms with Crippen LogP contribution in [0.3, 0.4) is 0 Å². The van der Waals surface area contributed by atoms with E-state index in [0.717, 1.165) is 45.4 Å². The summed E-state index contributed by atoms with van der Waals surface area (Å²) in [6.07, 6.45) is 4.28. The molecule has 3 N–H and O–H groups in total. The van der Waals surface area contributed by atoms with E-state index >= 15 is 0 Å². The highest BCUT2D eigenvalue weighted by atomic mass is 16.3. The second kappa shape index (κ2) is 6.38. The van der Waals surface area contributed by atoms with Crippen molar-refractivity contribution in [1.29, 1.82) is 0 Å². The van der Waals surface area contributed by atoms with E-state index < -0.39 is 0 Å². The first-order valence-corrected chi connectivity index (χ1v) is 5.88. The van der Waals surface area contributed by atoms with Gasteiger partial charge in [0.05, 0.1) is 6.10 Å². The SMILES string of the molecule is CCC[C@H]1CN(CCCN)CC[C@@H]1O. The van der Waals surface area contributed by atoms with Gasteiger partial charge in [-0.2, -0.15) is 0 Å². The Morgan fingerprint density at radius 1 is 1.50 bits per heavy atom. The van der Waals surface area contributed by atoms with Crippen LogP contribution in [0.25, 0.3) is 0 Å². The van der Waals surface area contributed by atoms with Crippen molar-refractivity contribution in [2.75, 3.05) is 26.2 Å². The molecule has 84 valence electrons. The third-order valence-corrected chi connectivity index (χ3v) is 3.12. The van der Waals surface area contributed by atoms with Crippen LogP contribution in [0.5, 0.6) is 0 Å². The van der Waals surface area contributed by atoms with Crippen LogP contribution in [0.1, 0.15) is 32.6 Å². The van der Waals surface area contributed by atoms with Crippen molar-refractivity contribution in [3.05, 3.63) is 0 Å². The Morgan fingerprint density at radius 2 is 2.29 bits per heavy atom. The minimum absolute atomic E-state index is 0.0657. The van der Waals surface area contributed by atoms with Crippen LogP contribution < -0.4 is 5.73 Å². The molecule has 0 aromatic carbocycles. The minimum atomic E-state index is -0.0657. The molecular weight excluding hydrogens is 176 g/mol. The predicted octanol–water partition coefficient (Wildman–Crippen LogP) is 0.818. The van der Waals surface area contributed by atoms with Crippen LogP contribution in [0.4, 0.5) is 0 Å². The molecule has 0 amide bonds. The highest BCUT2D eigenvalue weighted by Gasteiger charge is 2.26. The molecule has 3 heteroatoms. The fourth-order valence-electron chi connectivity index (χ4n) is 2.27. The van der Waals surface area contributed by atoms with Crippen LogP contribution in [0, 0.1) is 5.92 Å². The number of hydrogen-bond acceptors (Lipinski definition) is 3. The van der Waals surface area contributed by atoms with E-state index in [9.17, 15) is 5.11 Å². The van der Waals surface area contributed by atoms with E-state index in [0.29, 0.717) is 5.92 Å². The highest BCUT2D eigenvalue weighted by Crippen LogP contribution is 2.21. The molecule has 0 aromatic rings. The molecule has 1 heterocycles. The number of nitrogens with zero attached hydrogens (tertiary/aromatic N) is 1. The van der Waals surface area contributed by atoms with Gasteiger partial charge in [0.25, 0.3) is 0 Å². The van der Waals surface area contributed by atoms with Gasteiger partial charge in [0.2, 0.25) is 0 Å². The molecule has 1 aliphatic rings. The van der Waals surface area contributed by atoms with Gasteiger partial charge >= 0.3 is 0 Å². The van der Waals surface area contributed by atoms with E-state index in [2.05, 4.69) is 11.8 Å². The molecule has 1 fully saturated rings. The maximum atomic E-state index is 9.79. The summed E-state index contributed by atoms with van der Waals surface area (Å²) in [4.78, 5) is 2.44. The lowest BCUT2D eigenvalue weighted by atomic mass is 9.91. The zero-order valence-corrected chi connectivity index (χ0v) is 9.28. The molecule has 1 aliphatic heterocycles. The Kier molecular flexibility index (Phi) is 5.45. The number of likely N-dealkylation sites (tertiary alicyclic amines) is 1. The van der Waals surface area contributed by atoms with Crippen LogP contribution in [-0.4, -0.2) is 42.3 Å². The molecule has 2 atom stereocenters. The first-order valence-electron chi connectivity index (χ1n) is 5.88. The quantitative estimate of drug-likeness (QED) is 0.691. The largest absolute Gasteiger partial charge is 0.393 e. The van der Waals surface area contributed by atoms with Gasteiger partial charge in [-0.1, -0.05) is 13.3 Å². The van der Waals surface area contributed by atoms with Gasteiger partial charge in [0, 0.05) is 13.1 Å². The number of piperidine rings is 1. The monoisotopic (exact) mass is 200 g/mol. The number of hydrogen-bond donors (Lipinski definition) is 2. The van der Waals surface area contributed by atoms with Crippen molar-refractivity contribution in [3.8, 4) is 0 Å². The molecule has 0 aromatic heterocycles. The summed E-state index contributed by atoms with van der Waals surface area (Å²) in [5.74, 6) is 0.492. The van der Waals surface area contributed by atoms with Crippen molar-refractivity contribution in [3.63, 3.8) is 0 Å². The molecule has 0 aliphatic carbocycles. The van der Waals surface area contributed by atoms with Gasteiger partial charge in [-0.15, -0.1) is 0 Å². The normalized spacial score (nSPS) is 29.4. The topological polar surface area (TPSA) is 49.5 Å². The van der Waals surface area contributed by atoms with E-state index in [4.69, 9.17) is 5.73 Å². The van der Waals surface area contributed by atoms with Crippen LogP contribution in [0.15, 0.2) is 0 Å². The van der Waals surface area contributed by atoms with Crippen LogP contribution in [0.2, 0.25) is 0 Å². The summed E-state index contributed by atoms with van der Waals surface area (Å²) in [5, 5.41) is 9.79. The van der Waals surface area contributed by atoms with E-state index in [1.54, 1.807) is 0 Å². The van der Waals surface area contributed by atoms with Gasteiger partial charge in [-0.05, 0) is 38.3 Å². The standard InChI is InChI=1S/C11H24N2O/c1-2-4-10-9-13(7-3-6-12)8-5-11(10)14/h10-11,14H,2-9,12H2,1H3/t10-,11-/m0/s1. The maximum absolute atomic E-state index is 9.79. The summed E-state index contributed by atoms with van der Waals surface area (Å²) in [6.45, 7) is 6.17. The Hall–Kier alpha value is -0.120. The second-order valence-corrected chi connectivity index (χ2v) is 4.35. The summed E-state index contributed by atoms with van der Waals surface area (Å²) in [7, 11) is 0. The van der Waals surface area contributed by atoms with E-state index in [1.807, 2.05) is 0 Å². The Morgan fingerprint density at radius 3 is 2.93 bits per heavy atom. The fraction of sp³-hybridized carbons (Fsp3) is 1.00. The molecule has 1 saturated heterocycles. The van der Waals surface area contributed by atoms with Crippen molar-refractivity contribution < 1.29 is 5.11 Å². The minimum Gasteiger partial charge on any atom is -0.393 e. The molecule has 14 heavy (non-hydrogen) atoms. The predicted molar refractivity (Wildman–Crippen MR) is 59.1 cm³/mol. The zero-order chi connectivity index (χ0) is 10.4. The van der Waals surface area contributed by atoms with Crippen LogP contribution in [-0.2, 0) is 0 Å². The molecule has 0 radical (unpaired) electrons. The highest BCUT2D eigenvalue weighted by molar-refractivity contribution is 4.79. The summed E-state index contributed by atoms with van der Waals surface area (Å²) in [5.41, 5.74) is 5.49. The lowest BCUT2D eigenvalue weighted by molar-refractivity contribution is 0.0226. The Bertz CT molecular complexity index is 150. The van der Waals surface area contributed by atoms with Crippen LogP contribution >= 0.6 is 0 Å². The molecule has 1 rings (SSSR count). The molecule has 0 spiro atoms. The first kappa shape index (κ1) is 12.0. The molecular formula is C11H24N2O.